The fraction of sp³-hybridized carbons (Fsp3) is 0.235. The number of hydrogen-bond acceptors (Lipinski definition) is 3. The number of hydrogen-bond donors (Lipinski definition) is 1. The second-order valence-corrected chi connectivity index (χ2v) is 5.06. The van der Waals surface area contributed by atoms with Crippen molar-refractivity contribution in [2.24, 2.45) is 5.73 Å². The predicted molar refractivity (Wildman–Crippen MR) is 77.2 cm³/mol. The normalized spacial score (nSPS) is 16.5. The van der Waals surface area contributed by atoms with Gasteiger partial charge in [-0.25, -0.2) is 0 Å². The quantitative estimate of drug-likeness (QED) is 0.926. The summed E-state index contributed by atoms with van der Waals surface area (Å²) in [5.74, 6) is 0.839. The molecule has 3 rings (SSSR count). The highest BCUT2D eigenvalue weighted by molar-refractivity contribution is 5.41. The van der Waals surface area contributed by atoms with Crippen molar-refractivity contribution in [3.05, 3.63) is 64.7 Å². The molecule has 1 aliphatic carbocycles. The van der Waals surface area contributed by atoms with Crippen LogP contribution in [0.4, 0.5) is 0 Å². The Hall–Kier alpha value is -2.31. The average Bonchev–Trinajstić information content (AvgIpc) is 2.86. The van der Waals surface area contributed by atoms with E-state index in [0.717, 1.165) is 24.2 Å². The lowest BCUT2D eigenvalue weighted by molar-refractivity contribution is 0.305. The lowest BCUT2D eigenvalue weighted by Gasteiger charge is -2.10. The van der Waals surface area contributed by atoms with Gasteiger partial charge in [0.05, 0.1) is 11.6 Å². The van der Waals surface area contributed by atoms with E-state index < -0.39 is 0 Å². The summed E-state index contributed by atoms with van der Waals surface area (Å²) in [7, 11) is 0. The van der Waals surface area contributed by atoms with E-state index in [1.165, 1.54) is 11.1 Å². The summed E-state index contributed by atoms with van der Waals surface area (Å²) >= 11 is 0. The third-order valence-electron chi connectivity index (χ3n) is 3.77. The van der Waals surface area contributed by atoms with Gasteiger partial charge < -0.3 is 10.5 Å². The predicted octanol–water partition coefficient (Wildman–Crippen LogP) is 3.08. The molecule has 0 bridgehead atoms. The first-order valence-electron chi connectivity index (χ1n) is 6.77. The van der Waals surface area contributed by atoms with Crippen LogP contribution in [0.3, 0.4) is 0 Å². The van der Waals surface area contributed by atoms with E-state index in [9.17, 15) is 0 Å². The number of benzene rings is 2. The van der Waals surface area contributed by atoms with Crippen molar-refractivity contribution in [2.45, 2.75) is 25.5 Å². The molecule has 20 heavy (non-hydrogen) atoms. The van der Waals surface area contributed by atoms with Crippen LogP contribution >= 0.6 is 0 Å². The minimum Gasteiger partial charge on any atom is -0.489 e. The maximum atomic E-state index is 9.05. The minimum atomic E-state index is 0.165. The van der Waals surface area contributed by atoms with Gasteiger partial charge in [-0.15, -0.1) is 0 Å². The molecule has 100 valence electrons. The molecule has 0 aliphatic heterocycles. The molecule has 0 saturated heterocycles. The zero-order valence-electron chi connectivity index (χ0n) is 11.2. The summed E-state index contributed by atoms with van der Waals surface area (Å²) in [5.41, 5.74) is 10.1. The summed E-state index contributed by atoms with van der Waals surface area (Å²) in [6.45, 7) is 0.411. The molecule has 3 heteroatoms. The number of nitrogens with two attached hydrogens (primary N) is 1. The Morgan fingerprint density at radius 2 is 2.10 bits per heavy atom. The number of aryl methyl sites for hydroxylation is 1. The van der Waals surface area contributed by atoms with Gasteiger partial charge in [0.2, 0.25) is 0 Å². The number of ether oxygens (including phenoxy) is 1. The van der Waals surface area contributed by atoms with Crippen molar-refractivity contribution in [3.63, 3.8) is 0 Å². The Kier molecular flexibility index (Phi) is 3.41. The van der Waals surface area contributed by atoms with Crippen LogP contribution in [-0.2, 0) is 13.0 Å². The Morgan fingerprint density at radius 3 is 2.95 bits per heavy atom. The minimum absolute atomic E-state index is 0.165. The van der Waals surface area contributed by atoms with Crippen molar-refractivity contribution >= 4 is 0 Å². The lowest BCUT2D eigenvalue weighted by Crippen LogP contribution is -2.05. The van der Waals surface area contributed by atoms with Crippen LogP contribution in [0, 0.1) is 11.3 Å². The first-order chi connectivity index (χ1) is 9.78. The molecule has 0 amide bonds. The van der Waals surface area contributed by atoms with Gasteiger partial charge in [-0.1, -0.05) is 24.3 Å². The highest BCUT2D eigenvalue weighted by Crippen LogP contribution is 2.32. The molecule has 1 atom stereocenters. The molecule has 0 unspecified atom stereocenters. The fourth-order valence-corrected chi connectivity index (χ4v) is 2.63. The largest absolute Gasteiger partial charge is 0.489 e. The summed E-state index contributed by atoms with van der Waals surface area (Å²) < 4.78 is 5.80. The monoisotopic (exact) mass is 264 g/mol. The van der Waals surface area contributed by atoms with Crippen molar-refractivity contribution in [1.29, 1.82) is 5.26 Å². The molecule has 0 aromatic heterocycles. The van der Waals surface area contributed by atoms with Gasteiger partial charge in [0.1, 0.15) is 12.4 Å². The standard InChI is InChI=1S/C17H16N2O/c18-10-13-3-1-2-4-14(13)11-20-15-6-7-16-12(9-15)5-8-17(16)19/h1-4,6-7,9,17H,5,8,11,19H2/t17-/m1/s1. The van der Waals surface area contributed by atoms with Gasteiger partial charge >= 0.3 is 0 Å². The number of nitriles is 1. The van der Waals surface area contributed by atoms with E-state index in [-0.39, 0.29) is 6.04 Å². The maximum absolute atomic E-state index is 9.05. The summed E-state index contributed by atoms with van der Waals surface area (Å²) in [4.78, 5) is 0. The van der Waals surface area contributed by atoms with Gasteiger partial charge in [-0.05, 0) is 42.2 Å². The molecule has 1 aliphatic rings. The van der Waals surface area contributed by atoms with Crippen LogP contribution in [0.2, 0.25) is 0 Å². The number of rotatable bonds is 3. The van der Waals surface area contributed by atoms with Gasteiger partial charge in [-0.3, -0.25) is 0 Å². The molecular formula is C17H16N2O. The number of fused-ring (bicyclic) bond motifs is 1. The van der Waals surface area contributed by atoms with Gasteiger partial charge in [-0.2, -0.15) is 5.26 Å². The molecule has 0 saturated carbocycles. The van der Waals surface area contributed by atoms with E-state index in [4.69, 9.17) is 15.7 Å². The zero-order valence-corrected chi connectivity index (χ0v) is 11.2. The van der Waals surface area contributed by atoms with E-state index in [1.54, 1.807) is 6.07 Å². The van der Waals surface area contributed by atoms with Gasteiger partial charge in [0.25, 0.3) is 0 Å². The average molecular weight is 264 g/mol. The molecular weight excluding hydrogens is 248 g/mol. The van der Waals surface area contributed by atoms with Crippen LogP contribution in [-0.4, -0.2) is 0 Å². The third-order valence-corrected chi connectivity index (χ3v) is 3.77. The molecule has 3 nitrogen and oxygen atoms in total. The second-order valence-electron chi connectivity index (χ2n) is 5.06. The van der Waals surface area contributed by atoms with Gasteiger partial charge in [0.15, 0.2) is 0 Å². The van der Waals surface area contributed by atoms with E-state index in [2.05, 4.69) is 18.2 Å². The number of nitrogens with zero attached hydrogens (tertiary/aromatic N) is 1. The first kappa shape index (κ1) is 12.7. The molecule has 0 radical (unpaired) electrons. The van der Waals surface area contributed by atoms with Crippen LogP contribution in [0.1, 0.15) is 34.7 Å². The highest BCUT2D eigenvalue weighted by Gasteiger charge is 2.19. The van der Waals surface area contributed by atoms with Crippen molar-refractivity contribution in [1.82, 2.24) is 0 Å². The highest BCUT2D eigenvalue weighted by atomic mass is 16.5. The van der Waals surface area contributed by atoms with E-state index >= 15 is 0 Å². The molecule has 2 aromatic carbocycles. The smallest absolute Gasteiger partial charge is 0.120 e. The molecule has 0 fully saturated rings. The van der Waals surface area contributed by atoms with E-state index in [1.807, 2.05) is 24.3 Å². The van der Waals surface area contributed by atoms with Crippen molar-refractivity contribution in [2.75, 3.05) is 0 Å². The third kappa shape index (κ3) is 2.38. The molecule has 2 N–H and O–H groups in total. The molecule has 0 spiro atoms. The van der Waals surface area contributed by atoms with E-state index in [0.29, 0.717) is 12.2 Å². The van der Waals surface area contributed by atoms with Gasteiger partial charge in [0, 0.05) is 11.6 Å². The Labute approximate surface area is 118 Å². The lowest BCUT2D eigenvalue weighted by atomic mass is 10.1. The Bertz CT molecular complexity index is 673. The summed E-state index contributed by atoms with van der Waals surface area (Å²) in [6, 6.07) is 15.9. The Morgan fingerprint density at radius 1 is 1.25 bits per heavy atom. The molecule has 2 aromatic rings. The Balaban J connectivity index is 1.75. The maximum Gasteiger partial charge on any atom is 0.120 e. The summed E-state index contributed by atoms with van der Waals surface area (Å²) in [5, 5.41) is 9.05. The first-order valence-corrected chi connectivity index (χ1v) is 6.77. The van der Waals surface area contributed by atoms with Crippen molar-refractivity contribution in [3.8, 4) is 11.8 Å². The van der Waals surface area contributed by atoms with Crippen LogP contribution < -0.4 is 10.5 Å². The fourth-order valence-electron chi connectivity index (χ4n) is 2.63. The van der Waals surface area contributed by atoms with Crippen LogP contribution in [0.15, 0.2) is 42.5 Å². The molecule has 0 heterocycles. The zero-order chi connectivity index (χ0) is 13.9. The van der Waals surface area contributed by atoms with Crippen LogP contribution in [0.25, 0.3) is 0 Å². The van der Waals surface area contributed by atoms with Crippen molar-refractivity contribution < 1.29 is 4.74 Å². The summed E-state index contributed by atoms with van der Waals surface area (Å²) in [6.07, 6.45) is 2.03. The second kappa shape index (κ2) is 5.36. The topological polar surface area (TPSA) is 59.0 Å². The SMILES string of the molecule is N#Cc1ccccc1COc1ccc2c(c1)CC[C@H]2N. The van der Waals surface area contributed by atoms with Crippen LogP contribution in [0.5, 0.6) is 5.75 Å².